The molecule has 1 atom stereocenters. The van der Waals surface area contributed by atoms with Crippen LogP contribution in [0.5, 0.6) is 5.75 Å². The summed E-state index contributed by atoms with van der Waals surface area (Å²) in [6.45, 7) is 6.28. The van der Waals surface area contributed by atoms with Crippen LogP contribution in [0, 0.1) is 0 Å². The van der Waals surface area contributed by atoms with Crippen molar-refractivity contribution >= 4 is 29.2 Å². The van der Waals surface area contributed by atoms with Crippen LogP contribution >= 0.6 is 11.6 Å². The minimum Gasteiger partial charge on any atom is -0.497 e. The summed E-state index contributed by atoms with van der Waals surface area (Å²) in [5.41, 5.74) is 1.46. The molecule has 1 saturated heterocycles. The van der Waals surface area contributed by atoms with Gasteiger partial charge in [0.25, 0.3) is 6.10 Å². The summed E-state index contributed by atoms with van der Waals surface area (Å²) in [4.78, 5) is 28.6. The number of rotatable bonds is 12. The van der Waals surface area contributed by atoms with Crippen LogP contribution in [0.15, 0.2) is 42.5 Å². The van der Waals surface area contributed by atoms with E-state index < -0.39 is 36.1 Å². The van der Waals surface area contributed by atoms with Gasteiger partial charge in [-0.3, -0.25) is 14.5 Å². The van der Waals surface area contributed by atoms with Gasteiger partial charge in [-0.2, -0.15) is 26.3 Å². The predicted octanol–water partition coefficient (Wildman–Crippen LogP) is 6.29. The molecule has 46 heavy (non-hydrogen) atoms. The van der Waals surface area contributed by atoms with Crippen molar-refractivity contribution in [3.63, 3.8) is 0 Å². The maximum atomic E-state index is 13.1. The second-order valence-corrected chi connectivity index (χ2v) is 12.3. The minimum atomic E-state index is -5.83. The van der Waals surface area contributed by atoms with Gasteiger partial charge in [-0.05, 0) is 62.6 Å². The number of alkyl halides is 6. The van der Waals surface area contributed by atoms with E-state index in [0.29, 0.717) is 48.1 Å². The summed E-state index contributed by atoms with van der Waals surface area (Å²) in [5.74, 6) is -1.37. The molecule has 0 aliphatic carbocycles. The summed E-state index contributed by atoms with van der Waals surface area (Å²) >= 11 is 6.40. The van der Waals surface area contributed by atoms with Gasteiger partial charge in [0.15, 0.2) is 0 Å². The summed E-state index contributed by atoms with van der Waals surface area (Å²) < 4.78 is 93.5. The van der Waals surface area contributed by atoms with Crippen molar-refractivity contribution < 1.29 is 50.1 Å². The van der Waals surface area contributed by atoms with Crippen molar-refractivity contribution in [3.8, 4) is 5.75 Å². The Labute approximate surface area is 268 Å². The van der Waals surface area contributed by atoms with Crippen LogP contribution in [-0.4, -0.2) is 80.2 Å². The van der Waals surface area contributed by atoms with Crippen molar-refractivity contribution in [2.24, 2.45) is 0 Å². The Morgan fingerprint density at radius 2 is 1.70 bits per heavy atom. The molecule has 1 heterocycles. The van der Waals surface area contributed by atoms with Gasteiger partial charge in [-0.15, -0.1) is 0 Å². The maximum absolute atomic E-state index is 13.1. The molecule has 1 N–H and O–H groups in total. The van der Waals surface area contributed by atoms with Crippen molar-refractivity contribution in [3.05, 3.63) is 58.6 Å². The molecule has 1 unspecified atom stereocenters. The average molecular weight is 682 g/mol. The van der Waals surface area contributed by atoms with Crippen molar-refractivity contribution in [1.29, 1.82) is 0 Å². The summed E-state index contributed by atoms with van der Waals surface area (Å²) in [5, 5.41) is 3.21. The van der Waals surface area contributed by atoms with Gasteiger partial charge in [-0.25, -0.2) is 0 Å². The van der Waals surface area contributed by atoms with E-state index in [2.05, 4.69) is 10.1 Å². The zero-order valence-corrected chi connectivity index (χ0v) is 26.7. The van der Waals surface area contributed by atoms with Gasteiger partial charge in [0.2, 0.25) is 0 Å². The molecule has 0 saturated carbocycles. The summed E-state index contributed by atoms with van der Waals surface area (Å²) in [6.07, 6.45) is -15.4. The minimum absolute atomic E-state index is 0.0121. The van der Waals surface area contributed by atoms with Crippen LogP contribution in [0.2, 0.25) is 5.02 Å². The number of piperazine rings is 1. The van der Waals surface area contributed by atoms with Gasteiger partial charge in [-0.1, -0.05) is 29.8 Å². The first-order valence-corrected chi connectivity index (χ1v) is 14.9. The van der Waals surface area contributed by atoms with Crippen LogP contribution in [-0.2, 0) is 32.2 Å². The number of hydrogen-bond acceptors (Lipinski definition) is 8. The number of methoxy groups -OCH3 is 1. The smallest absolute Gasteiger partial charge is 0.434 e. The van der Waals surface area contributed by atoms with Crippen LogP contribution < -0.4 is 15.0 Å². The lowest BCUT2D eigenvalue weighted by atomic mass is 10.1. The van der Waals surface area contributed by atoms with Gasteiger partial charge < -0.3 is 24.4 Å². The monoisotopic (exact) mass is 681 g/mol. The molecule has 0 radical (unpaired) electrons. The first kappa shape index (κ1) is 37.2. The molecular formula is C31H38ClF6N3O5. The quantitative estimate of drug-likeness (QED) is 0.207. The Hall–Kier alpha value is -3.23. The topological polar surface area (TPSA) is 80.3 Å². The molecule has 0 aromatic heterocycles. The van der Waals surface area contributed by atoms with E-state index in [1.165, 1.54) is 4.90 Å². The van der Waals surface area contributed by atoms with E-state index in [1.807, 2.05) is 17.0 Å². The van der Waals surface area contributed by atoms with Crippen LogP contribution in [0.25, 0.3) is 0 Å². The fourth-order valence-electron chi connectivity index (χ4n) is 4.91. The highest BCUT2D eigenvalue weighted by molar-refractivity contribution is 6.30. The third kappa shape index (κ3) is 11.2. The molecular weight excluding hydrogens is 644 g/mol. The normalized spacial score (nSPS) is 16.3. The zero-order valence-electron chi connectivity index (χ0n) is 25.9. The second kappa shape index (κ2) is 15.6. The summed E-state index contributed by atoms with van der Waals surface area (Å²) in [6, 6.07) is 10.9. The standard InChI is InChI=1S/C31H38ClF6N3O5/c1-29(2,3)46-26(42)6-5-14-40(18-20-7-11-23(44-4)12-8-20)24-16-22(32)10-9-21(24)19-41-15-13-39-17-25(41)27(43)45-28(30(33,34)35)31(36,37)38/h7-12,16,25,28,39H,5-6,13-15,17-19H2,1-4H3. The maximum Gasteiger partial charge on any atom is 0.434 e. The second-order valence-electron chi connectivity index (χ2n) is 11.8. The number of nitrogens with one attached hydrogen (secondary N) is 1. The van der Waals surface area contributed by atoms with Crippen LogP contribution in [0.1, 0.15) is 44.7 Å². The fourth-order valence-corrected chi connectivity index (χ4v) is 5.07. The highest BCUT2D eigenvalue weighted by atomic mass is 35.5. The average Bonchev–Trinajstić information content (AvgIpc) is 2.94. The van der Waals surface area contributed by atoms with E-state index in [4.69, 9.17) is 21.1 Å². The molecule has 1 aliphatic heterocycles. The fraction of sp³-hybridized carbons (Fsp3) is 0.548. The number of ether oxygens (including phenoxy) is 3. The largest absolute Gasteiger partial charge is 0.497 e. The number of esters is 2. The van der Waals surface area contributed by atoms with Crippen molar-refractivity contribution in [1.82, 2.24) is 10.2 Å². The molecule has 2 aromatic rings. The number of hydrogen-bond donors (Lipinski definition) is 1. The highest BCUT2D eigenvalue weighted by Gasteiger charge is 2.60. The molecule has 8 nitrogen and oxygen atoms in total. The molecule has 0 amide bonds. The van der Waals surface area contributed by atoms with Crippen LogP contribution in [0.3, 0.4) is 0 Å². The third-order valence-corrected chi connectivity index (χ3v) is 7.21. The number of anilines is 1. The van der Waals surface area contributed by atoms with Gasteiger partial charge >= 0.3 is 24.3 Å². The Kier molecular flexibility index (Phi) is 12.6. The number of nitrogens with zero attached hydrogens (tertiary/aromatic N) is 2. The Morgan fingerprint density at radius 1 is 1.04 bits per heavy atom. The van der Waals surface area contributed by atoms with Crippen molar-refractivity contribution in [2.45, 2.75) is 76.8 Å². The zero-order chi connectivity index (χ0) is 34.3. The highest BCUT2D eigenvalue weighted by Crippen LogP contribution is 2.36. The van der Waals surface area contributed by atoms with E-state index in [9.17, 15) is 35.9 Å². The number of carbonyl (C=O) groups is 2. The van der Waals surface area contributed by atoms with Gasteiger partial charge in [0.05, 0.1) is 7.11 Å². The van der Waals surface area contributed by atoms with E-state index in [0.717, 1.165) is 5.56 Å². The molecule has 15 heteroatoms. The van der Waals surface area contributed by atoms with E-state index in [-0.39, 0.29) is 32.0 Å². The molecule has 2 aromatic carbocycles. The third-order valence-electron chi connectivity index (χ3n) is 6.98. The van der Waals surface area contributed by atoms with Gasteiger partial charge in [0.1, 0.15) is 17.4 Å². The first-order valence-electron chi connectivity index (χ1n) is 14.5. The number of halogens is 7. The Morgan fingerprint density at radius 3 is 2.28 bits per heavy atom. The molecule has 1 aliphatic rings. The number of carbonyl (C=O) groups excluding carboxylic acids is 2. The Bertz CT molecular complexity index is 1300. The Balaban J connectivity index is 1.89. The molecule has 0 bridgehead atoms. The molecule has 1 fully saturated rings. The lowest BCUT2D eigenvalue weighted by Crippen LogP contribution is -2.57. The number of benzene rings is 2. The SMILES string of the molecule is COc1ccc(CN(CCCC(=O)OC(C)(C)C)c2cc(Cl)ccc2CN2CCNCC2C(=O)OC(C(F)(F)F)C(F)(F)F)cc1. The predicted molar refractivity (Wildman–Crippen MR) is 160 cm³/mol. The van der Waals surface area contributed by atoms with E-state index >= 15 is 0 Å². The lowest BCUT2D eigenvalue weighted by Gasteiger charge is -2.37. The van der Waals surface area contributed by atoms with Gasteiger partial charge in [0, 0.05) is 56.4 Å². The lowest BCUT2D eigenvalue weighted by molar-refractivity contribution is -0.314. The van der Waals surface area contributed by atoms with Crippen LogP contribution in [0.4, 0.5) is 32.0 Å². The summed E-state index contributed by atoms with van der Waals surface area (Å²) in [7, 11) is 1.54. The molecule has 3 rings (SSSR count). The van der Waals surface area contributed by atoms with Crippen molar-refractivity contribution in [2.75, 3.05) is 38.2 Å². The molecule has 0 spiro atoms. The first-order chi connectivity index (χ1) is 21.4. The molecule has 256 valence electrons. The van der Waals surface area contributed by atoms with E-state index in [1.54, 1.807) is 58.2 Å².